The van der Waals surface area contributed by atoms with Gasteiger partial charge in [-0.15, -0.1) is 0 Å². The summed E-state index contributed by atoms with van der Waals surface area (Å²) in [7, 11) is 0. The van der Waals surface area contributed by atoms with Crippen molar-refractivity contribution in [1.82, 2.24) is 10.2 Å². The Bertz CT molecular complexity index is 317. The molecule has 88 valence electrons. The van der Waals surface area contributed by atoms with Crippen LogP contribution in [0.15, 0.2) is 24.3 Å². The van der Waals surface area contributed by atoms with Crippen LogP contribution < -0.4 is 5.32 Å². The van der Waals surface area contributed by atoms with Gasteiger partial charge >= 0.3 is 0 Å². The molecule has 0 amide bonds. The fraction of sp³-hybridized carbons (Fsp3) is 0.538. The van der Waals surface area contributed by atoms with Crippen LogP contribution in [0.3, 0.4) is 0 Å². The zero-order valence-corrected chi connectivity index (χ0v) is 11.9. The predicted octanol–water partition coefficient (Wildman–Crippen LogP) is 2.65. The van der Waals surface area contributed by atoms with Crippen LogP contribution in [0.2, 0.25) is 0 Å². The Morgan fingerprint density at radius 3 is 2.44 bits per heavy atom. The quantitative estimate of drug-likeness (QED) is 0.858. The maximum atomic E-state index is 3.41. The largest absolute Gasteiger partial charge is 0.314 e. The van der Waals surface area contributed by atoms with E-state index in [-0.39, 0.29) is 0 Å². The summed E-state index contributed by atoms with van der Waals surface area (Å²) in [6, 6.07) is 9.57. The second-order valence-electron chi connectivity index (χ2n) is 4.26. The Morgan fingerprint density at radius 1 is 1.25 bits per heavy atom. The SMILES string of the molecule is CC[C@@H](c1ccc(I)cc1)N1CCNCC1. The van der Waals surface area contributed by atoms with Crippen LogP contribution in [-0.2, 0) is 0 Å². The minimum Gasteiger partial charge on any atom is -0.314 e. The molecule has 1 aliphatic heterocycles. The van der Waals surface area contributed by atoms with Crippen molar-refractivity contribution in [3.63, 3.8) is 0 Å². The Kier molecular flexibility index (Phi) is 4.61. The van der Waals surface area contributed by atoms with E-state index in [4.69, 9.17) is 0 Å². The molecule has 1 fully saturated rings. The lowest BCUT2D eigenvalue weighted by Gasteiger charge is -2.34. The molecule has 0 spiro atoms. The number of halogens is 1. The first-order valence-corrected chi connectivity index (χ1v) is 7.09. The van der Waals surface area contributed by atoms with Crippen LogP contribution in [0.1, 0.15) is 24.9 Å². The third-order valence-corrected chi connectivity index (χ3v) is 3.95. The smallest absolute Gasteiger partial charge is 0.0346 e. The highest BCUT2D eigenvalue weighted by Gasteiger charge is 2.19. The summed E-state index contributed by atoms with van der Waals surface area (Å²) in [6.45, 7) is 6.88. The van der Waals surface area contributed by atoms with E-state index in [2.05, 4.69) is 64.0 Å². The van der Waals surface area contributed by atoms with Crippen molar-refractivity contribution in [2.75, 3.05) is 26.2 Å². The fourth-order valence-electron chi connectivity index (χ4n) is 2.38. The second kappa shape index (κ2) is 5.98. The lowest BCUT2D eigenvalue weighted by atomic mass is 10.0. The van der Waals surface area contributed by atoms with Crippen molar-refractivity contribution in [2.45, 2.75) is 19.4 Å². The van der Waals surface area contributed by atoms with Gasteiger partial charge in [-0.3, -0.25) is 4.90 Å². The monoisotopic (exact) mass is 330 g/mol. The van der Waals surface area contributed by atoms with Crippen LogP contribution in [0.5, 0.6) is 0 Å². The first kappa shape index (κ1) is 12.3. The first-order chi connectivity index (χ1) is 7.81. The molecule has 1 N–H and O–H groups in total. The Morgan fingerprint density at radius 2 is 1.88 bits per heavy atom. The third kappa shape index (κ3) is 2.96. The molecule has 3 heteroatoms. The molecule has 0 radical (unpaired) electrons. The number of benzene rings is 1. The molecule has 2 rings (SSSR count). The predicted molar refractivity (Wildman–Crippen MR) is 76.6 cm³/mol. The molecule has 1 heterocycles. The molecule has 1 saturated heterocycles. The van der Waals surface area contributed by atoms with Crippen LogP contribution in [0, 0.1) is 3.57 Å². The van der Waals surface area contributed by atoms with Gasteiger partial charge in [0.2, 0.25) is 0 Å². The van der Waals surface area contributed by atoms with Crippen molar-refractivity contribution >= 4 is 22.6 Å². The molecule has 1 aliphatic rings. The van der Waals surface area contributed by atoms with E-state index in [1.54, 1.807) is 0 Å². The van der Waals surface area contributed by atoms with Gasteiger partial charge in [-0.25, -0.2) is 0 Å². The molecule has 16 heavy (non-hydrogen) atoms. The molecule has 2 nitrogen and oxygen atoms in total. The molecular formula is C13H19IN2. The normalized spacial score (nSPS) is 19.6. The summed E-state index contributed by atoms with van der Waals surface area (Å²) in [6.07, 6.45) is 1.20. The van der Waals surface area contributed by atoms with Gasteiger partial charge < -0.3 is 5.32 Å². The highest BCUT2D eigenvalue weighted by atomic mass is 127. The molecule has 0 aromatic heterocycles. The number of hydrogen-bond donors (Lipinski definition) is 1. The minimum absolute atomic E-state index is 0.596. The van der Waals surface area contributed by atoms with E-state index in [1.807, 2.05) is 0 Å². The summed E-state index contributed by atoms with van der Waals surface area (Å²) >= 11 is 2.36. The van der Waals surface area contributed by atoms with Gasteiger partial charge in [-0.1, -0.05) is 19.1 Å². The topological polar surface area (TPSA) is 15.3 Å². The first-order valence-electron chi connectivity index (χ1n) is 6.01. The molecular weight excluding hydrogens is 311 g/mol. The summed E-state index contributed by atoms with van der Waals surface area (Å²) in [4.78, 5) is 2.60. The number of piperazine rings is 1. The van der Waals surface area contributed by atoms with Crippen LogP contribution in [0.25, 0.3) is 0 Å². The van der Waals surface area contributed by atoms with Crippen LogP contribution >= 0.6 is 22.6 Å². The van der Waals surface area contributed by atoms with Crippen molar-refractivity contribution < 1.29 is 0 Å². The Labute approximate surface area is 112 Å². The maximum absolute atomic E-state index is 3.41. The number of hydrogen-bond acceptors (Lipinski definition) is 2. The number of nitrogens with zero attached hydrogens (tertiary/aromatic N) is 1. The van der Waals surface area contributed by atoms with Gasteiger partial charge in [-0.2, -0.15) is 0 Å². The Hall–Kier alpha value is -0.130. The van der Waals surface area contributed by atoms with E-state index in [0.717, 1.165) is 13.1 Å². The molecule has 0 unspecified atom stereocenters. The van der Waals surface area contributed by atoms with E-state index < -0.39 is 0 Å². The van der Waals surface area contributed by atoms with Gasteiger partial charge in [0, 0.05) is 35.8 Å². The Balaban J connectivity index is 2.11. The van der Waals surface area contributed by atoms with Crippen molar-refractivity contribution in [3.05, 3.63) is 33.4 Å². The standard InChI is InChI=1S/C13H19IN2/c1-2-13(16-9-7-15-8-10-16)11-3-5-12(14)6-4-11/h3-6,13,15H,2,7-10H2,1H3/t13-/m0/s1. The molecule has 0 aliphatic carbocycles. The molecule has 1 aromatic rings. The van der Waals surface area contributed by atoms with Crippen molar-refractivity contribution in [1.29, 1.82) is 0 Å². The summed E-state index contributed by atoms with van der Waals surface area (Å²) in [5, 5.41) is 3.41. The number of nitrogens with one attached hydrogen (secondary N) is 1. The lowest BCUT2D eigenvalue weighted by molar-refractivity contribution is 0.169. The average Bonchev–Trinajstić information content (AvgIpc) is 2.34. The number of rotatable bonds is 3. The summed E-state index contributed by atoms with van der Waals surface area (Å²) < 4.78 is 1.32. The molecule has 0 bridgehead atoms. The van der Waals surface area contributed by atoms with E-state index in [9.17, 15) is 0 Å². The zero-order valence-electron chi connectivity index (χ0n) is 9.75. The van der Waals surface area contributed by atoms with Gasteiger partial charge in [0.1, 0.15) is 0 Å². The van der Waals surface area contributed by atoms with E-state index >= 15 is 0 Å². The molecule has 1 atom stereocenters. The highest BCUT2D eigenvalue weighted by molar-refractivity contribution is 14.1. The van der Waals surface area contributed by atoms with E-state index in [1.165, 1.54) is 28.6 Å². The van der Waals surface area contributed by atoms with Crippen molar-refractivity contribution in [2.24, 2.45) is 0 Å². The molecule has 0 saturated carbocycles. The molecule has 1 aromatic carbocycles. The zero-order chi connectivity index (χ0) is 11.4. The summed E-state index contributed by atoms with van der Waals surface area (Å²) in [5.41, 5.74) is 1.46. The van der Waals surface area contributed by atoms with Crippen LogP contribution in [0.4, 0.5) is 0 Å². The highest BCUT2D eigenvalue weighted by Crippen LogP contribution is 2.24. The van der Waals surface area contributed by atoms with Gasteiger partial charge in [-0.05, 0) is 46.7 Å². The van der Waals surface area contributed by atoms with Crippen LogP contribution in [-0.4, -0.2) is 31.1 Å². The van der Waals surface area contributed by atoms with Crippen molar-refractivity contribution in [3.8, 4) is 0 Å². The van der Waals surface area contributed by atoms with Gasteiger partial charge in [0.05, 0.1) is 0 Å². The fourth-order valence-corrected chi connectivity index (χ4v) is 2.74. The van der Waals surface area contributed by atoms with Gasteiger partial charge in [0.15, 0.2) is 0 Å². The minimum atomic E-state index is 0.596. The lowest BCUT2D eigenvalue weighted by Crippen LogP contribution is -2.45. The maximum Gasteiger partial charge on any atom is 0.0346 e. The van der Waals surface area contributed by atoms with E-state index in [0.29, 0.717) is 6.04 Å². The second-order valence-corrected chi connectivity index (χ2v) is 5.51. The summed E-state index contributed by atoms with van der Waals surface area (Å²) in [5.74, 6) is 0. The average molecular weight is 330 g/mol. The third-order valence-electron chi connectivity index (χ3n) is 3.23. The van der Waals surface area contributed by atoms with Gasteiger partial charge in [0.25, 0.3) is 0 Å².